The number of esters is 1. The minimum atomic E-state index is -0.827. The van der Waals surface area contributed by atoms with E-state index in [2.05, 4.69) is 12.1 Å². The summed E-state index contributed by atoms with van der Waals surface area (Å²) in [7, 11) is 0. The summed E-state index contributed by atoms with van der Waals surface area (Å²) in [5, 5.41) is 0. The van der Waals surface area contributed by atoms with Crippen LogP contribution < -0.4 is 4.74 Å². The molecule has 2 aliphatic rings. The number of ether oxygens (including phenoxy) is 3. The lowest BCUT2D eigenvalue weighted by Crippen LogP contribution is -2.37. The monoisotopic (exact) mass is 330 g/mol. The minimum Gasteiger partial charge on any atom is -0.501 e. The largest absolute Gasteiger partial charge is 0.501 e. The van der Waals surface area contributed by atoms with Crippen molar-refractivity contribution in [3.05, 3.63) is 35.6 Å². The van der Waals surface area contributed by atoms with Crippen molar-refractivity contribution in [1.29, 1.82) is 0 Å². The summed E-state index contributed by atoms with van der Waals surface area (Å²) < 4.78 is 17.2. The number of carbonyl (C=O) groups excluding carboxylic acids is 1. The summed E-state index contributed by atoms with van der Waals surface area (Å²) >= 11 is 0. The second kappa shape index (κ2) is 6.15. The molecule has 0 unspecified atom stereocenters. The molecule has 0 aromatic heterocycles. The van der Waals surface area contributed by atoms with Crippen molar-refractivity contribution in [2.75, 3.05) is 6.61 Å². The minimum absolute atomic E-state index is 0.267. The van der Waals surface area contributed by atoms with E-state index in [4.69, 9.17) is 14.2 Å². The number of aryl methyl sites for hydroxylation is 1. The Balaban J connectivity index is 1.85. The van der Waals surface area contributed by atoms with Crippen LogP contribution in [-0.4, -0.2) is 23.8 Å². The Hall–Kier alpha value is -1.97. The molecule has 1 saturated carbocycles. The predicted octanol–water partition coefficient (Wildman–Crippen LogP) is 4.40. The number of benzene rings is 1. The lowest BCUT2D eigenvalue weighted by atomic mass is 9.99. The van der Waals surface area contributed by atoms with Gasteiger partial charge in [0.1, 0.15) is 11.4 Å². The van der Waals surface area contributed by atoms with E-state index in [9.17, 15) is 4.79 Å². The van der Waals surface area contributed by atoms with E-state index in [-0.39, 0.29) is 5.97 Å². The predicted molar refractivity (Wildman–Crippen MR) is 92.8 cm³/mol. The summed E-state index contributed by atoms with van der Waals surface area (Å²) in [6.45, 7) is 8.42. The number of allylic oxidation sites excluding steroid dienone is 1. The van der Waals surface area contributed by atoms with Crippen LogP contribution in [0.25, 0.3) is 5.57 Å². The van der Waals surface area contributed by atoms with Crippen molar-refractivity contribution in [3.8, 4) is 5.75 Å². The summed E-state index contributed by atoms with van der Waals surface area (Å²) in [5.41, 5.74) is 1.90. The van der Waals surface area contributed by atoms with Gasteiger partial charge in [0.15, 0.2) is 0 Å². The molecule has 130 valence electrons. The van der Waals surface area contributed by atoms with Gasteiger partial charge in [0, 0.05) is 18.4 Å². The zero-order valence-corrected chi connectivity index (χ0v) is 15.0. The molecule has 0 atom stereocenters. The molecule has 0 radical (unpaired) electrons. The van der Waals surface area contributed by atoms with Crippen LogP contribution in [0.4, 0.5) is 0 Å². The first kappa shape index (κ1) is 16.9. The summed E-state index contributed by atoms with van der Waals surface area (Å²) in [6, 6.07) is 6.11. The van der Waals surface area contributed by atoms with Gasteiger partial charge < -0.3 is 14.2 Å². The Labute approximate surface area is 143 Å². The third-order valence-electron chi connectivity index (χ3n) is 4.20. The Morgan fingerprint density at radius 3 is 2.58 bits per heavy atom. The van der Waals surface area contributed by atoms with Crippen LogP contribution in [0.5, 0.6) is 5.75 Å². The molecule has 4 nitrogen and oxygen atoms in total. The van der Waals surface area contributed by atoms with Gasteiger partial charge in [-0.25, -0.2) is 4.79 Å². The average molecular weight is 330 g/mol. The number of hydrogen-bond acceptors (Lipinski definition) is 4. The lowest BCUT2D eigenvalue weighted by molar-refractivity contribution is -0.165. The second-order valence-electron chi connectivity index (χ2n) is 7.72. The highest BCUT2D eigenvalue weighted by molar-refractivity contribution is 5.84. The van der Waals surface area contributed by atoms with Crippen LogP contribution in [0, 0.1) is 6.92 Å². The van der Waals surface area contributed by atoms with Gasteiger partial charge in [-0.3, -0.25) is 0 Å². The van der Waals surface area contributed by atoms with Crippen molar-refractivity contribution < 1.29 is 19.0 Å². The molecular weight excluding hydrogens is 304 g/mol. The lowest BCUT2D eigenvalue weighted by Gasteiger charge is -2.26. The molecule has 24 heavy (non-hydrogen) atoms. The van der Waals surface area contributed by atoms with Gasteiger partial charge in [0.2, 0.25) is 5.60 Å². The maximum Gasteiger partial charge on any atom is 0.351 e. The Kier molecular flexibility index (Phi) is 4.33. The van der Waals surface area contributed by atoms with Crippen molar-refractivity contribution in [1.82, 2.24) is 0 Å². The topological polar surface area (TPSA) is 44.8 Å². The van der Waals surface area contributed by atoms with E-state index in [1.54, 1.807) is 0 Å². The highest BCUT2D eigenvalue weighted by Crippen LogP contribution is 2.44. The molecule has 1 aromatic carbocycles. The molecule has 0 N–H and O–H groups in total. The molecule has 1 aromatic rings. The van der Waals surface area contributed by atoms with Crippen LogP contribution in [0.1, 0.15) is 57.6 Å². The Morgan fingerprint density at radius 2 is 2.00 bits per heavy atom. The number of rotatable bonds is 4. The number of hydrogen-bond donors (Lipinski definition) is 0. The number of carbonyl (C=O) groups is 1. The molecular formula is C20H26O4. The quantitative estimate of drug-likeness (QED) is 0.768. The van der Waals surface area contributed by atoms with Crippen LogP contribution in [0.3, 0.4) is 0 Å². The molecule has 3 rings (SSSR count). The molecule has 0 amide bonds. The van der Waals surface area contributed by atoms with Crippen LogP contribution >= 0.6 is 0 Å². The van der Waals surface area contributed by atoms with E-state index in [0.717, 1.165) is 41.9 Å². The Bertz CT molecular complexity index is 663. The van der Waals surface area contributed by atoms with Gasteiger partial charge in [0.05, 0.1) is 12.9 Å². The van der Waals surface area contributed by atoms with Gasteiger partial charge in [-0.1, -0.05) is 12.1 Å². The molecule has 4 heteroatoms. The zero-order valence-electron chi connectivity index (χ0n) is 15.0. The maximum atomic E-state index is 12.5. The zero-order chi connectivity index (χ0) is 17.4. The molecule has 1 fully saturated rings. The van der Waals surface area contributed by atoms with E-state index < -0.39 is 11.2 Å². The van der Waals surface area contributed by atoms with E-state index in [0.29, 0.717) is 12.8 Å². The molecule has 1 aliphatic carbocycles. The third-order valence-corrected chi connectivity index (χ3v) is 4.20. The first-order valence-electron chi connectivity index (χ1n) is 8.63. The SMILES string of the molecule is Cc1ccc(C2=COCCC2)c(OC2(C(=O)OC(C)(C)C)CC2)c1. The normalized spacial score (nSPS) is 19.1. The fourth-order valence-electron chi connectivity index (χ4n) is 2.78. The molecule has 0 saturated heterocycles. The van der Waals surface area contributed by atoms with Crippen LogP contribution in [-0.2, 0) is 14.3 Å². The maximum absolute atomic E-state index is 12.5. The summed E-state index contributed by atoms with van der Waals surface area (Å²) in [4.78, 5) is 12.5. The van der Waals surface area contributed by atoms with Gasteiger partial charge >= 0.3 is 5.97 Å². The van der Waals surface area contributed by atoms with Gasteiger partial charge in [-0.15, -0.1) is 0 Å². The summed E-state index contributed by atoms with van der Waals surface area (Å²) in [5.74, 6) is 0.478. The van der Waals surface area contributed by atoms with Crippen molar-refractivity contribution in [2.24, 2.45) is 0 Å². The average Bonchev–Trinajstić information content (AvgIpc) is 3.27. The first-order valence-corrected chi connectivity index (χ1v) is 8.63. The van der Waals surface area contributed by atoms with E-state index in [1.807, 2.05) is 40.0 Å². The molecule has 0 bridgehead atoms. The smallest absolute Gasteiger partial charge is 0.351 e. The van der Waals surface area contributed by atoms with Crippen LogP contribution in [0.15, 0.2) is 24.5 Å². The van der Waals surface area contributed by atoms with Crippen LogP contribution in [0.2, 0.25) is 0 Å². The molecule has 1 aliphatic heterocycles. The first-order chi connectivity index (χ1) is 11.3. The summed E-state index contributed by atoms with van der Waals surface area (Å²) in [6.07, 6.45) is 5.17. The van der Waals surface area contributed by atoms with Crippen molar-refractivity contribution in [2.45, 2.75) is 64.6 Å². The van der Waals surface area contributed by atoms with Crippen molar-refractivity contribution >= 4 is 11.5 Å². The highest BCUT2D eigenvalue weighted by Gasteiger charge is 2.55. The fraction of sp³-hybridized carbons (Fsp3) is 0.550. The van der Waals surface area contributed by atoms with E-state index >= 15 is 0 Å². The highest BCUT2D eigenvalue weighted by atomic mass is 16.6. The van der Waals surface area contributed by atoms with Gasteiger partial charge in [-0.2, -0.15) is 0 Å². The van der Waals surface area contributed by atoms with Crippen molar-refractivity contribution in [3.63, 3.8) is 0 Å². The molecule has 1 heterocycles. The van der Waals surface area contributed by atoms with Gasteiger partial charge in [0.25, 0.3) is 0 Å². The van der Waals surface area contributed by atoms with Gasteiger partial charge in [-0.05, 0) is 57.7 Å². The Morgan fingerprint density at radius 1 is 1.25 bits per heavy atom. The fourth-order valence-corrected chi connectivity index (χ4v) is 2.78. The van der Waals surface area contributed by atoms with E-state index in [1.165, 1.54) is 0 Å². The standard InChI is InChI=1S/C20H26O4/c1-14-7-8-16(15-6-5-11-22-13-15)17(12-14)23-20(9-10-20)18(21)24-19(2,3)4/h7-8,12-13H,5-6,9-11H2,1-4H3. The third kappa shape index (κ3) is 3.74. The second-order valence-corrected chi connectivity index (χ2v) is 7.72. The molecule has 0 spiro atoms.